The number of ether oxygens (including phenoxy) is 1. The van der Waals surface area contributed by atoms with Crippen molar-refractivity contribution >= 4 is 17.4 Å². The molecule has 1 saturated heterocycles. The van der Waals surface area contributed by atoms with Crippen molar-refractivity contribution in [3.8, 4) is 0 Å². The minimum absolute atomic E-state index is 0.0812. The zero-order valence-electron chi connectivity index (χ0n) is 10.7. The molecule has 1 amide bonds. The van der Waals surface area contributed by atoms with Crippen LogP contribution < -0.4 is 10.2 Å². The first-order valence-corrected chi connectivity index (χ1v) is 6.19. The smallest absolute Gasteiger partial charge is 0.313 e. The van der Waals surface area contributed by atoms with Crippen LogP contribution in [0.15, 0.2) is 29.1 Å². The summed E-state index contributed by atoms with van der Waals surface area (Å²) >= 11 is 0. The fourth-order valence-electron chi connectivity index (χ4n) is 1.90. The minimum atomic E-state index is -0.455. The van der Waals surface area contributed by atoms with Gasteiger partial charge in [-0.1, -0.05) is 0 Å². The van der Waals surface area contributed by atoms with Crippen molar-refractivity contribution in [3.05, 3.63) is 30.6 Å². The zero-order valence-corrected chi connectivity index (χ0v) is 10.7. The Morgan fingerprint density at radius 2 is 2.15 bits per heavy atom. The molecule has 0 spiro atoms. The number of hydrogen-bond donors (Lipinski definition) is 1. The predicted molar refractivity (Wildman–Crippen MR) is 69.5 cm³/mol. The summed E-state index contributed by atoms with van der Waals surface area (Å²) < 4.78 is 10.1. The third kappa shape index (κ3) is 2.75. The third-order valence-corrected chi connectivity index (χ3v) is 2.90. The Morgan fingerprint density at radius 3 is 2.80 bits per heavy atom. The van der Waals surface area contributed by atoms with Crippen molar-refractivity contribution in [1.29, 1.82) is 0 Å². The molecule has 1 fully saturated rings. The minimum Gasteiger partial charge on any atom is -0.420 e. The van der Waals surface area contributed by atoms with E-state index in [-0.39, 0.29) is 5.89 Å². The Labute approximate surface area is 114 Å². The van der Waals surface area contributed by atoms with Crippen molar-refractivity contribution in [1.82, 2.24) is 15.2 Å². The number of rotatable bonds is 3. The van der Waals surface area contributed by atoms with Crippen LogP contribution in [0.4, 0.5) is 11.5 Å². The average Bonchev–Trinajstić information content (AvgIpc) is 3.03. The largest absolute Gasteiger partial charge is 0.420 e. The highest BCUT2D eigenvalue weighted by atomic mass is 16.5. The second kappa shape index (κ2) is 5.66. The van der Waals surface area contributed by atoms with Crippen LogP contribution >= 0.6 is 0 Å². The second-order valence-corrected chi connectivity index (χ2v) is 4.20. The molecule has 20 heavy (non-hydrogen) atoms. The van der Waals surface area contributed by atoms with Crippen LogP contribution in [0.1, 0.15) is 10.7 Å². The van der Waals surface area contributed by atoms with Crippen molar-refractivity contribution in [2.45, 2.75) is 0 Å². The first-order chi connectivity index (χ1) is 9.83. The Bertz CT molecular complexity index is 563. The average molecular weight is 275 g/mol. The Kier molecular flexibility index (Phi) is 3.55. The topological polar surface area (TPSA) is 93.4 Å². The van der Waals surface area contributed by atoms with Gasteiger partial charge in [0.1, 0.15) is 5.82 Å². The summed E-state index contributed by atoms with van der Waals surface area (Å²) in [6, 6.07) is 3.64. The van der Waals surface area contributed by atoms with E-state index >= 15 is 0 Å². The molecule has 3 rings (SSSR count). The number of hydrogen-bond acceptors (Lipinski definition) is 7. The van der Waals surface area contributed by atoms with Gasteiger partial charge in [-0.05, 0) is 12.1 Å². The molecule has 104 valence electrons. The maximum Gasteiger partial charge on any atom is 0.313 e. The molecule has 0 radical (unpaired) electrons. The number of anilines is 2. The zero-order chi connectivity index (χ0) is 13.8. The molecule has 2 aromatic rings. The highest BCUT2D eigenvalue weighted by molar-refractivity contribution is 6.00. The van der Waals surface area contributed by atoms with Crippen molar-refractivity contribution in [2.24, 2.45) is 0 Å². The van der Waals surface area contributed by atoms with Crippen LogP contribution in [0, 0.1) is 0 Å². The number of pyridine rings is 1. The maximum atomic E-state index is 11.7. The molecular weight excluding hydrogens is 262 g/mol. The van der Waals surface area contributed by atoms with E-state index in [9.17, 15) is 4.79 Å². The third-order valence-electron chi connectivity index (χ3n) is 2.90. The van der Waals surface area contributed by atoms with Crippen LogP contribution in [0.25, 0.3) is 0 Å². The molecule has 0 aromatic carbocycles. The van der Waals surface area contributed by atoms with Gasteiger partial charge in [0.2, 0.25) is 6.39 Å². The molecule has 8 heteroatoms. The van der Waals surface area contributed by atoms with E-state index in [0.29, 0.717) is 18.9 Å². The molecule has 0 aliphatic carbocycles. The van der Waals surface area contributed by atoms with Crippen LogP contribution in [0.3, 0.4) is 0 Å². The first kappa shape index (κ1) is 12.5. The molecule has 1 N–H and O–H groups in total. The highest BCUT2D eigenvalue weighted by Crippen LogP contribution is 2.15. The molecule has 3 heterocycles. The predicted octanol–water partition coefficient (Wildman–Crippen LogP) is 0.553. The lowest BCUT2D eigenvalue weighted by atomic mass is 10.3. The Morgan fingerprint density at radius 1 is 1.30 bits per heavy atom. The number of carbonyl (C=O) groups is 1. The van der Waals surface area contributed by atoms with E-state index in [1.165, 1.54) is 0 Å². The summed E-state index contributed by atoms with van der Waals surface area (Å²) in [5.74, 6) is 0.328. The molecule has 2 aromatic heterocycles. The second-order valence-electron chi connectivity index (χ2n) is 4.20. The lowest BCUT2D eigenvalue weighted by Gasteiger charge is -2.27. The van der Waals surface area contributed by atoms with Crippen LogP contribution in [-0.4, -0.2) is 47.4 Å². The molecule has 1 aliphatic heterocycles. The first-order valence-electron chi connectivity index (χ1n) is 6.19. The summed E-state index contributed by atoms with van der Waals surface area (Å²) in [5, 5.41) is 9.61. The molecule has 0 saturated carbocycles. The SMILES string of the molecule is O=C(Nc1ccc(N2CCOCC2)nc1)c1nnco1. The van der Waals surface area contributed by atoms with E-state index < -0.39 is 5.91 Å². The van der Waals surface area contributed by atoms with Gasteiger partial charge in [0, 0.05) is 13.1 Å². The van der Waals surface area contributed by atoms with E-state index in [1.807, 2.05) is 6.07 Å². The normalized spacial score (nSPS) is 15.1. The quantitative estimate of drug-likeness (QED) is 0.874. The maximum absolute atomic E-state index is 11.7. The molecule has 0 unspecified atom stereocenters. The van der Waals surface area contributed by atoms with Gasteiger partial charge >= 0.3 is 11.8 Å². The summed E-state index contributed by atoms with van der Waals surface area (Å²) in [4.78, 5) is 18.2. The molecular formula is C12H13N5O3. The van der Waals surface area contributed by atoms with Crippen LogP contribution in [0.5, 0.6) is 0 Å². The van der Waals surface area contributed by atoms with Gasteiger partial charge in [0.25, 0.3) is 0 Å². The number of carbonyl (C=O) groups excluding carboxylic acids is 1. The number of amides is 1. The summed E-state index contributed by atoms with van der Waals surface area (Å²) in [5.41, 5.74) is 0.574. The Hall–Kier alpha value is -2.48. The van der Waals surface area contributed by atoms with E-state index in [4.69, 9.17) is 9.15 Å². The standard InChI is InChI=1S/C12H13N5O3/c18-11(12-16-14-8-20-12)15-9-1-2-10(13-7-9)17-3-5-19-6-4-17/h1-2,7-8H,3-6H2,(H,15,18). The summed E-state index contributed by atoms with van der Waals surface area (Å²) in [6.07, 6.45) is 2.70. The van der Waals surface area contributed by atoms with Gasteiger partial charge in [0.15, 0.2) is 0 Å². The monoisotopic (exact) mass is 275 g/mol. The molecule has 0 atom stereocenters. The number of morpholine rings is 1. The van der Waals surface area contributed by atoms with Gasteiger partial charge in [0.05, 0.1) is 25.1 Å². The van der Waals surface area contributed by atoms with E-state index in [2.05, 4.69) is 25.4 Å². The van der Waals surface area contributed by atoms with Gasteiger partial charge in [-0.15, -0.1) is 10.2 Å². The van der Waals surface area contributed by atoms with Gasteiger partial charge in [-0.3, -0.25) is 4.79 Å². The highest BCUT2D eigenvalue weighted by Gasteiger charge is 2.14. The fourth-order valence-corrected chi connectivity index (χ4v) is 1.90. The van der Waals surface area contributed by atoms with E-state index in [0.717, 1.165) is 25.3 Å². The molecule has 1 aliphatic rings. The van der Waals surface area contributed by atoms with Crippen LogP contribution in [-0.2, 0) is 4.74 Å². The summed E-state index contributed by atoms with van der Waals surface area (Å²) in [7, 11) is 0. The molecule has 0 bridgehead atoms. The lowest BCUT2D eigenvalue weighted by molar-refractivity contribution is 0.0990. The summed E-state index contributed by atoms with van der Waals surface area (Å²) in [6.45, 7) is 3.05. The van der Waals surface area contributed by atoms with Gasteiger partial charge in [-0.2, -0.15) is 0 Å². The molecule has 8 nitrogen and oxygen atoms in total. The fraction of sp³-hybridized carbons (Fsp3) is 0.333. The lowest BCUT2D eigenvalue weighted by Crippen LogP contribution is -2.36. The number of nitrogens with one attached hydrogen (secondary N) is 1. The number of aromatic nitrogens is 3. The van der Waals surface area contributed by atoms with Crippen LogP contribution in [0.2, 0.25) is 0 Å². The van der Waals surface area contributed by atoms with E-state index in [1.54, 1.807) is 12.3 Å². The van der Waals surface area contributed by atoms with Gasteiger partial charge < -0.3 is 19.4 Å². The van der Waals surface area contributed by atoms with Crippen molar-refractivity contribution in [2.75, 3.05) is 36.5 Å². The van der Waals surface area contributed by atoms with Crippen molar-refractivity contribution < 1.29 is 13.9 Å². The Balaban J connectivity index is 1.65. The van der Waals surface area contributed by atoms with Crippen molar-refractivity contribution in [3.63, 3.8) is 0 Å². The number of nitrogens with zero attached hydrogens (tertiary/aromatic N) is 4. The van der Waals surface area contributed by atoms with Gasteiger partial charge in [-0.25, -0.2) is 4.98 Å².